The van der Waals surface area contributed by atoms with Crippen LogP contribution in [-0.4, -0.2) is 245 Å². The van der Waals surface area contributed by atoms with Crippen molar-refractivity contribution in [3.05, 3.63) is 50.6 Å². The lowest BCUT2D eigenvalue weighted by Gasteiger charge is -2.36. The fourth-order valence-electron chi connectivity index (χ4n) is 14.4. The van der Waals surface area contributed by atoms with Crippen LogP contribution in [0.25, 0.3) is 44.7 Å². The first-order valence-electron chi connectivity index (χ1n) is 38.8. The lowest BCUT2D eigenvalue weighted by Crippen LogP contribution is -2.47. The minimum absolute atomic E-state index is 0.0521. The smallest absolute Gasteiger partial charge is 0.406 e. The van der Waals surface area contributed by atoms with Crippen molar-refractivity contribution in [3.8, 4) is 0 Å². The normalized spacial score (nSPS) is 34.1. The van der Waals surface area contributed by atoms with E-state index in [1.54, 1.807) is 101 Å². The van der Waals surface area contributed by atoms with Crippen LogP contribution in [0.1, 0.15) is 136 Å². The first-order chi connectivity index (χ1) is 58.1. The monoisotopic (exact) mass is 1900 g/mol. The first-order valence-corrected chi connectivity index (χ1v) is 46.5. The molecule has 48 nitrogen and oxygen atoms in total. The van der Waals surface area contributed by atoms with E-state index in [0.29, 0.717) is 44.7 Å². The van der Waals surface area contributed by atoms with Crippen molar-refractivity contribution in [1.82, 2.24) is 98.4 Å². The number of imidazole rings is 4. The molecule has 16 rings (SSSR count). The number of carbonyl (C=O) groups excluding carboxylic acids is 4. The van der Waals surface area contributed by atoms with Crippen LogP contribution >= 0.6 is 77.4 Å². The number of halogens is 4. The molecule has 8 aromatic heterocycles. The van der Waals surface area contributed by atoms with Gasteiger partial charge in [-0.1, -0.05) is 0 Å². The fraction of sp³-hybridized carbons (Fsp3) is 0.647. The molecule has 8 saturated heterocycles. The van der Waals surface area contributed by atoms with E-state index in [0.717, 1.165) is 0 Å². The molecule has 0 amide bonds. The van der Waals surface area contributed by atoms with Gasteiger partial charge in [0, 0.05) is 0 Å². The summed E-state index contributed by atoms with van der Waals surface area (Å²) in [5.41, 5.74) is 26.9. The van der Waals surface area contributed by atoms with Crippen molar-refractivity contribution in [2.45, 2.75) is 253 Å². The van der Waals surface area contributed by atoms with Crippen molar-refractivity contribution in [3.63, 3.8) is 0 Å². The zero-order chi connectivity index (χ0) is 90.2. The molecule has 8 aromatic rings. The molecule has 0 spiro atoms. The van der Waals surface area contributed by atoms with E-state index in [1.807, 2.05) is 0 Å². The van der Waals surface area contributed by atoms with Crippen molar-refractivity contribution in [2.75, 3.05) is 49.4 Å². The first kappa shape index (κ1) is 94.3. The van der Waals surface area contributed by atoms with E-state index in [-0.39, 0.29) is 74.1 Å². The van der Waals surface area contributed by atoms with Crippen LogP contribution in [0.5, 0.6) is 0 Å². The van der Waals surface area contributed by atoms with Crippen LogP contribution < -0.4 is 43.3 Å². The van der Waals surface area contributed by atoms with Gasteiger partial charge in [-0.3, -0.25) is 73.6 Å². The van der Waals surface area contributed by atoms with E-state index < -0.39 is 172 Å². The number of carbonyl (C=O) groups is 4. The third kappa shape index (κ3) is 19.4. The highest BCUT2D eigenvalue weighted by Crippen LogP contribution is 2.62. The third-order valence-corrected chi connectivity index (χ3v) is 28.5. The minimum Gasteiger partial charge on any atom is -0.462 e. The van der Waals surface area contributed by atoms with Gasteiger partial charge in [0.05, 0.1) is 76.2 Å². The van der Waals surface area contributed by atoms with Crippen molar-refractivity contribution in [2.24, 2.45) is 0 Å². The molecule has 12 N–H and O–H groups in total. The third-order valence-electron chi connectivity index (χ3n) is 20.2. The van der Waals surface area contributed by atoms with Gasteiger partial charge in [0.1, 0.15) is 140 Å². The molecule has 0 saturated carbocycles. The topological polar surface area (TPSA) is 611 Å². The molecule has 0 aromatic carbocycles. The summed E-state index contributed by atoms with van der Waals surface area (Å²) >= 11 is 27.5. The molecule has 24 atom stereocenters. The number of hydrogen-bond donors (Lipinski definition) is 8. The predicted octanol–water partition coefficient (Wildman–Crippen LogP) is 7.03. The van der Waals surface area contributed by atoms with Gasteiger partial charge in [-0.25, -0.2) is 98.4 Å². The maximum absolute atomic E-state index is 13.2. The highest BCUT2D eigenvalue weighted by molar-refractivity contribution is 7.52. The number of rotatable bonds is 20. The number of hydrogen-bond acceptors (Lipinski definition) is 40. The quantitative estimate of drug-likeness (QED) is 0.0164. The van der Waals surface area contributed by atoms with Gasteiger partial charge in [-0.15, -0.1) is 46.4 Å². The second-order valence-corrected chi connectivity index (χ2v) is 41.8. The SMILES string of the molecule is CC(C)OC(=O)[C@@H](C)NP1(=O)OC[C@H]2O[C@@H](n3cnc4c(N)ncnc43)[C@](C)(Cl)[C@@H]2O1.CC(C)OC(=O)[C@@H](C)N[P@@]1(=O)OC[C@H]2O[C@@H](n3cnc4c(N)ncnc43)[C@](C)(Cl)[C@@H]2O1.CC(C)OC(=O)[C@@H](C)N[P@@]1(=O)OC[C@H]2O[C@@H](n3cnc4c(N)ncnc43)[C@](C)(Cl)[C@@H]2O1.CC(C)OC(=O)[C@@H](C)N[P@]1(=O)OC[C@H]2O[C@@H](n3cnc4c(N)ncnc43)[C@](C)(Cl)[C@@H]2O1. The largest absolute Gasteiger partial charge is 0.462 e. The molecule has 56 heteroatoms. The van der Waals surface area contributed by atoms with Crippen molar-refractivity contribution in [1.29, 1.82) is 0 Å². The van der Waals surface area contributed by atoms with E-state index in [9.17, 15) is 37.4 Å². The molecule has 680 valence electrons. The van der Waals surface area contributed by atoms with Crippen LogP contribution in [0.15, 0.2) is 50.6 Å². The summed E-state index contributed by atoms with van der Waals surface area (Å²) in [5.74, 6) is -1.38. The van der Waals surface area contributed by atoms with Gasteiger partial charge in [0.15, 0.2) is 70.8 Å². The van der Waals surface area contributed by atoms with Crippen molar-refractivity contribution >= 4 is 169 Å². The molecule has 1 unspecified atom stereocenters. The Labute approximate surface area is 727 Å². The Bertz CT molecular complexity index is 4850. The summed E-state index contributed by atoms with van der Waals surface area (Å²) in [5, 5.41) is 10.4. The van der Waals surface area contributed by atoms with E-state index in [4.69, 9.17) is 143 Å². The summed E-state index contributed by atoms with van der Waals surface area (Å²) in [6.07, 6.45) is 1.32. The number of esters is 4. The second kappa shape index (κ2) is 36.3. The van der Waals surface area contributed by atoms with E-state index in [2.05, 4.69) is 80.2 Å². The van der Waals surface area contributed by atoms with Gasteiger partial charge in [0.2, 0.25) is 0 Å². The number of alkyl halides is 4. The summed E-state index contributed by atoms with van der Waals surface area (Å²) in [6.45, 7) is 26.4. The van der Waals surface area contributed by atoms with Gasteiger partial charge in [-0.2, -0.15) is 0 Å². The fourth-order valence-corrected chi connectivity index (χ4v) is 23.1. The Kier molecular flexibility index (Phi) is 27.6. The lowest BCUT2D eigenvalue weighted by molar-refractivity contribution is -0.150. The Hall–Kier alpha value is -7.28. The molecular formula is C68H96Cl4N24O24P4. The maximum atomic E-state index is 13.2. The molecule has 124 heavy (non-hydrogen) atoms. The molecule has 8 aliphatic heterocycles. The van der Waals surface area contributed by atoms with Gasteiger partial charge >= 0.3 is 54.9 Å². The number of ether oxygens (including phenoxy) is 8. The van der Waals surface area contributed by atoms with Gasteiger partial charge in [-0.05, 0) is 111 Å². The zero-order valence-corrected chi connectivity index (χ0v) is 76.2. The number of aromatic nitrogens is 16. The Morgan fingerprint density at radius 2 is 0.540 bits per heavy atom. The average molecular weight is 1900 g/mol. The molecule has 8 aliphatic rings. The minimum atomic E-state index is -3.86. The predicted molar refractivity (Wildman–Crippen MR) is 441 cm³/mol. The molecule has 16 heterocycles. The number of anilines is 4. The number of nitrogens with one attached hydrogen (secondary N) is 4. The van der Waals surface area contributed by atoms with Gasteiger partial charge in [0.25, 0.3) is 0 Å². The summed E-state index contributed by atoms with van der Waals surface area (Å²) in [6, 6.07) is -3.66. The number of nitrogen functional groups attached to an aromatic ring is 4. The maximum Gasteiger partial charge on any atom is 0.406 e. The average Bonchev–Trinajstić information content (AvgIpc) is 1.59. The summed E-state index contributed by atoms with van der Waals surface area (Å²) < 4.78 is 149. The zero-order valence-electron chi connectivity index (χ0n) is 69.6. The molecular weight excluding hydrogens is 1800 g/mol. The van der Waals surface area contributed by atoms with E-state index in [1.165, 1.54) is 78.3 Å². The van der Waals surface area contributed by atoms with Crippen LogP contribution in [-0.2, 0) is 112 Å². The summed E-state index contributed by atoms with van der Waals surface area (Å²) in [7, 11) is -15.4. The van der Waals surface area contributed by atoms with Crippen LogP contribution in [0.3, 0.4) is 0 Å². The Morgan fingerprint density at radius 3 is 0.718 bits per heavy atom. The molecule has 0 radical (unpaired) electrons. The highest BCUT2D eigenvalue weighted by Gasteiger charge is 2.65. The van der Waals surface area contributed by atoms with E-state index >= 15 is 0 Å². The number of nitrogens with two attached hydrogens (primary N) is 4. The lowest BCUT2D eigenvalue weighted by atomic mass is 10.0. The van der Waals surface area contributed by atoms with Crippen LogP contribution in [0.2, 0.25) is 0 Å². The van der Waals surface area contributed by atoms with Crippen molar-refractivity contribution < 1.29 is 112 Å². The Morgan fingerprint density at radius 1 is 0.355 bits per heavy atom. The second-order valence-electron chi connectivity index (χ2n) is 31.7. The number of fused-ring (bicyclic) bond motifs is 8. The highest BCUT2D eigenvalue weighted by atomic mass is 35.5. The van der Waals surface area contributed by atoms with Crippen LogP contribution in [0, 0.1) is 0 Å². The van der Waals surface area contributed by atoms with Gasteiger partial charge < -0.3 is 60.8 Å². The molecule has 0 bridgehead atoms. The van der Waals surface area contributed by atoms with Crippen LogP contribution in [0.4, 0.5) is 23.3 Å². The number of nitrogens with zero attached hydrogens (tertiary/aromatic N) is 16. The standard InChI is InChI=1S/4C17H24ClN6O6P/c4*1-8(2)28-15(25)9(3)23-31(26)27-5-10-12(30-31)17(4,18)16(29-10)24-7-22-11-13(19)20-6-21-14(11)24/h4*6-10,12,16H,5H2,1-4H3,(H,23,26)(H2,19,20,21)/t9-,10-,12-,16-,17-,31?;9-,10-,12-,16-,17-,31+;2*9-,10-,12-,16-,17-,31-/m1111/s1. The summed E-state index contributed by atoms with van der Waals surface area (Å²) in [4.78, 5) is 93.2. The Balaban J connectivity index is 0.000000142. The molecule has 0 aliphatic carbocycles. The molecule has 8 fully saturated rings.